The lowest BCUT2D eigenvalue weighted by Gasteiger charge is -2.12. The van der Waals surface area contributed by atoms with Crippen LogP contribution >= 0.6 is 11.8 Å². The molecule has 0 atom stereocenters. The lowest BCUT2D eigenvalue weighted by atomic mass is 10.1. The number of thioether (sulfide) groups is 1. The molecule has 0 saturated carbocycles. The Hall–Kier alpha value is -3.46. The monoisotopic (exact) mass is 442 g/mol. The maximum atomic E-state index is 12.6. The highest BCUT2D eigenvalue weighted by Crippen LogP contribution is 2.32. The van der Waals surface area contributed by atoms with E-state index in [1.165, 1.54) is 12.1 Å². The number of nitrogens with one attached hydrogen (secondary N) is 1. The fourth-order valence-corrected chi connectivity index (χ4v) is 3.81. The quantitative estimate of drug-likeness (QED) is 0.425. The predicted molar refractivity (Wildman–Crippen MR) is 117 cm³/mol. The zero-order valence-electron chi connectivity index (χ0n) is 16.8. The van der Waals surface area contributed by atoms with Gasteiger partial charge in [-0.05, 0) is 59.7 Å². The molecule has 0 spiro atoms. The highest BCUT2D eigenvalue weighted by atomic mass is 32.2. The van der Waals surface area contributed by atoms with Crippen molar-refractivity contribution < 1.29 is 29.3 Å². The topological polar surface area (TPSA) is 116 Å². The van der Waals surface area contributed by atoms with Gasteiger partial charge in [0.05, 0.1) is 12.0 Å². The zero-order valence-corrected chi connectivity index (χ0v) is 17.6. The summed E-state index contributed by atoms with van der Waals surface area (Å²) in [5, 5.41) is 21.1. The smallest absolute Gasteiger partial charge is 0.293 e. The third kappa shape index (κ3) is 5.79. The molecule has 2 aromatic carbocycles. The van der Waals surface area contributed by atoms with Crippen LogP contribution in [-0.4, -0.2) is 52.4 Å². The van der Waals surface area contributed by atoms with Gasteiger partial charge in [-0.3, -0.25) is 19.3 Å². The molecular weight excluding hydrogens is 420 g/mol. The zero-order chi connectivity index (χ0) is 22.4. The number of carbonyl (C=O) groups excluding carboxylic acids is 3. The van der Waals surface area contributed by atoms with Crippen LogP contribution in [0.4, 0.5) is 4.79 Å². The molecule has 3 N–H and O–H groups in total. The number of carbonyl (C=O) groups is 3. The number of rotatable bonds is 8. The summed E-state index contributed by atoms with van der Waals surface area (Å²) < 4.78 is 5.16. The van der Waals surface area contributed by atoms with Gasteiger partial charge in [0, 0.05) is 19.5 Å². The van der Waals surface area contributed by atoms with Crippen molar-refractivity contribution in [2.45, 2.75) is 12.8 Å². The minimum atomic E-state index is -0.426. The molecule has 0 bridgehead atoms. The van der Waals surface area contributed by atoms with E-state index >= 15 is 0 Å². The average Bonchev–Trinajstić information content (AvgIpc) is 3.01. The summed E-state index contributed by atoms with van der Waals surface area (Å²) in [5.74, 6) is -0.494. The second-order valence-electron chi connectivity index (χ2n) is 6.78. The minimum Gasteiger partial charge on any atom is -0.504 e. The van der Waals surface area contributed by atoms with E-state index in [9.17, 15) is 24.6 Å². The number of methoxy groups -OCH3 is 1. The maximum absolute atomic E-state index is 12.6. The Balaban J connectivity index is 1.49. The molecule has 3 rings (SSSR count). The fourth-order valence-electron chi connectivity index (χ4n) is 2.95. The molecule has 9 heteroatoms. The molecule has 1 saturated heterocycles. The summed E-state index contributed by atoms with van der Waals surface area (Å²) in [6.45, 7) is 0.312. The summed E-state index contributed by atoms with van der Waals surface area (Å²) in [6.07, 6.45) is 2.08. The van der Waals surface area contributed by atoms with Crippen molar-refractivity contribution in [3.63, 3.8) is 0 Å². The van der Waals surface area contributed by atoms with Crippen molar-refractivity contribution in [2.24, 2.45) is 0 Å². The number of aromatic hydroxyl groups is 2. The maximum Gasteiger partial charge on any atom is 0.293 e. The van der Waals surface area contributed by atoms with Crippen LogP contribution in [0.5, 0.6) is 17.2 Å². The Kier molecular flexibility index (Phi) is 7.19. The van der Waals surface area contributed by atoms with E-state index in [1.54, 1.807) is 43.5 Å². The van der Waals surface area contributed by atoms with Crippen LogP contribution in [0.25, 0.3) is 6.08 Å². The van der Waals surface area contributed by atoms with Crippen LogP contribution < -0.4 is 10.1 Å². The highest BCUT2D eigenvalue weighted by Gasteiger charge is 2.35. The molecule has 1 fully saturated rings. The molecule has 1 aliphatic heterocycles. The first-order valence-corrected chi connectivity index (χ1v) is 10.4. The summed E-state index contributed by atoms with van der Waals surface area (Å²) in [6, 6.07) is 11.6. The van der Waals surface area contributed by atoms with Gasteiger partial charge in [-0.2, -0.15) is 0 Å². The largest absolute Gasteiger partial charge is 0.504 e. The van der Waals surface area contributed by atoms with E-state index in [0.717, 1.165) is 27.8 Å². The first-order valence-electron chi connectivity index (χ1n) is 9.54. The van der Waals surface area contributed by atoms with Crippen molar-refractivity contribution in [1.82, 2.24) is 10.2 Å². The van der Waals surface area contributed by atoms with Gasteiger partial charge in [0.25, 0.3) is 11.1 Å². The van der Waals surface area contributed by atoms with E-state index in [-0.39, 0.29) is 30.4 Å². The SMILES string of the molecule is COc1cccc(C=C2SC(=O)N(CCC(=O)NCCc3ccc(O)c(O)c3)C2=O)c1. The van der Waals surface area contributed by atoms with Gasteiger partial charge in [-0.25, -0.2) is 0 Å². The number of amides is 3. The first-order chi connectivity index (χ1) is 14.9. The third-order valence-corrected chi connectivity index (χ3v) is 5.51. The number of imide groups is 1. The third-order valence-electron chi connectivity index (χ3n) is 4.60. The lowest BCUT2D eigenvalue weighted by molar-refractivity contribution is -0.124. The molecule has 0 unspecified atom stereocenters. The van der Waals surface area contributed by atoms with Crippen LogP contribution in [0.15, 0.2) is 47.4 Å². The van der Waals surface area contributed by atoms with Crippen LogP contribution in [0.3, 0.4) is 0 Å². The van der Waals surface area contributed by atoms with E-state index in [1.807, 2.05) is 0 Å². The van der Waals surface area contributed by atoms with Crippen molar-refractivity contribution in [1.29, 1.82) is 0 Å². The minimum absolute atomic E-state index is 0.00799. The molecule has 0 radical (unpaired) electrons. The normalized spacial score (nSPS) is 14.9. The standard InChI is InChI=1S/C22H22N2O6S/c1-30-16-4-2-3-15(11-16)13-19-21(28)24(22(29)31-19)10-8-20(27)23-9-7-14-5-6-17(25)18(26)12-14/h2-6,11-13,25-26H,7-10H2,1H3,(H,23,27). The van der Waals surface area contributed by atoms with Gasteiger partial charge < -0.3 is 20.3 Å². The number of hydrogen-bond acceptors (Lipinski definition) is 7. The van der Waals surface area contributed by atoms with E-state index < -0.39 is 11.1 Å². The molecule has 0 aliphatic carbocycles. The number of phenols is 2. The van der Waals surface area contributed by atoms with Crippen LogP contribution in [0.2, 0.25) is 0 Å². The van der Waals surface area contributed by atoms with Gasteiger partial charge in [0.2, 0.25) is 5.91 Å². The van der Waals surface area contributed by atoms with E-state index in [0.29, 0.717) is 23.6 Å². The molecular formula is C22H22N2O6S. The molecule has 31 heavy (non-hydrogen) atoms. The lowest BCUT2D eigenvalue weighted by Crippen LogP contribution is -2.34. The van der Waals surface area contributed by atoms with Gasteiger partial charge >= 0.3 is 0 Å². The number of benzene rings is 2. The van der Waals surface area contributed by atoms with E-state index in [2.05, 4.69) is 5.32 Å². The van der Waals surface area contributed by atoms with Crippen molar-refractivity contribution in [3.8, 4) is 17.2 Å². The number of ether oxygens (including phenoxy) is 1. The van der Waals surface area contributed by atoms with E-state index in [4.69, 9.17) is 4.74 Å². The van der Waals surface area contributed by atoms with Crippen molar-refractivity contribution in [2.75, 3.05) is 20.2 Å². The average molecular weight is 442 g/mol. The van der Waals surface area contributed by atoms with Gasteiger partial charge in [-0.15, -0.1) is 0 Å². The second-order valence-corrected chi connectivity index (χ2v) is 7.78. The number of hydrogen-bond donors (Lipinski definition) is 3. The molecule has 3 amide bonds. The molecule has 1 heterocycles. The predicted octanol–water partition coefficient (Wildman–Crippen LogP) is 2.89. The number of nitrogens with zero attached hydrogens (tertiary/aromatic N) is 1. The highest BCUT2D eigenvalue weighted by molar-refractivity contribution is 8.18. The van der Waals surface area contributed by atoms with Gasteiger partial charge in [-0.1, -0.05) is 18.2 Å². The summed E-state index contributed by atoms with van der Waals surface area (Å²) >= 11 is 0.841. The second kappa shape index (κ2) is 10.0. The first kappa shape index (κ1) is 22.2. The summed E-state index contributed by atoms with van der Waals surface area (Å²) in [7, 11) is 1.55. The Morgan fingerprint density at radius 2 is 1.97 bits per heavy atom. The molecule has 162 valence electrons. The molecule has 0 aromatic heterocycles. The Bertz CT molecular complexity index is 1040. The molecule has 8 nitrogen and oxygen atoms in total. The van der Waals surface area contributed by atoms with Gasteiger partial charge in [0.1, 0.15) is 5.75 Å². The molecule has 1 aliphatic rings. The number of phenolic OH excluding ortho intramolecular Hbond substituents is 2. The van der Waals surface area contributed by atoms with Crippen LogP contribution in [0, 0.1) is 0 Å². The van der Waals surface area contributed by atoms with Crippen molar-refractivity contribution >= 4 is 34.9 Å². The Morgan fingerprint density at radius 3 is 2.71 bits per heavy atom. The molecule has 2 aromatic rings. The van der Waals surface area contributed by atoms with Crippen molar-refractivity contribution in [3.05, 3.63) is 58.5 Å². The Morgan fingerprint density at radius 1 is 1.16 bits per heavy atom. The van der Waals surface area contributed by atoms with Crippen LogP contribution in [0.1, 0.15) is 17.5 Å². The summed E-state index contributed by atoms with van der Waals surface area (Å²) in [5.41, 5.74) is 1.49. The fraction of sp³-hybridized carbons (Fsp3) is 0.227. The Labute approximate surface area is 183 Å². The summed E-state index contributed by atoms with van der Waals surface area (Å²) in [4.78, 5) is 38.2. The van der Waals surface area contributed by atoms with Crippen LogP contribution in [-0.2, 0) is 16.0 Å². The van der Waals surface area contributed by atoms with Gasteiger partial charge in [0.15, 0.2) is 11.5 Å².